The molecule has 0 spiro atoms. The summed E-state index contributed by atoms with van der Waals surface area (Å²) < 4.78 is 29.8. The minimum Gasteiger partial charge on any atom is -0.381 e. The molecule has 0 N–H and O–H groups in total. The molecule has 1 aromatic carbocycles. The zero-order valence-electron chi connectivity index (χ0n) is 11.0. The molecule has 20 heavy (non-hydrogen) atoms. The molecule has 0 atom stereocenters. The molecular weight excluding hydrogens is 282 g/mol. The molecule has 0 aliphatic carbocycles. The second-order valence-electron chi connectivity index (χ2n) is 4.89. The van der Waals surface area contributed by atoms with Crippen LogP contribution in [0, 0.1) is 16.0 Å². The van der Waals surface area contributed by atoms with Crippen LogP contribution in [0.2, 0.25) is 0 Å². The van der Waals surface area contributed by atoms with Gasteiger partial charge >= 0.3 is 0 Å². The van der Waals surface area contributed by atoms with Crippen molar-refractivity contribution in [2.45, 2.75) is 24.2 Å². The van der Waals surface area contributed by atoms with Crippen LogP contribution in [0.4, 0.5) is 5.69 Å². The van der Waals surface area contributed by atoms with Gasteiger partial charge in [-0.1, -0.05) is 12.1 Å². The maximum Gasteiger partial charge on any atom is 0.287 e. The van der Waals surface area contributed by atoms with Gasteiger partial charge in [0.25, 0.3) is 5.69 Å². The highest BCUT2D eigenvalue weighted by atomic mass is 32.2. The van der Waals surface area contributed by atoms with Crippen LogP contribution in [0.1, 0.15) is 19.3 Å². The number of nitrogens with zero attached hydrogens (tertiary/aromatic N) is 1. The van der Waals surface area contributed by atoms with Gasteiger partial charge < -0.3 is 4.74 Å². The first kappa shape index (κ1) is 14.9. The van der Waals surface area contributed by atoms with Crippen LogP contribution in [0.3, 0.4) is 0 Å². The largest absolute Gasteiger partial charge is 0.381 e. The van der Waals surface area contributed by atoms with E-state index in [1.54, 1.807) is 0 Å². The van der Waals surface area contributed by atoms with Crippen molar-refractivity contribution in [3.05, 3.63) is 34.4 Å². The summed E-state index contributed by atoms with van der Waals surface area (Å²) in [7, 11) is -3.62. The van der Waals surface area contributed by atoms with Crippen molar-refractivity contribution < 1.29 is 18.1 Å². The van der Waals surface area contributed by atoms with Crippen molar-refractivity contribution >= 4 is 15.5 Å². The molecule has 0 unspecified atom stereocenters. The fraction of sp³-hybridized carbons (Fsp3) is 0.538. The Labute approximate surface area is 117 Å². The zero-order chi connectivity index (χ0) is 14.6. The molecule has 1 fully saturated rings. The molecule has 0 radical (unpaired) electrons. The maximum absolute atomic E-state index is 12.3. The number of rotatable bonds is 5. The highest BCUT2D eigenvalue weighted by Crippen LogP contribution is 2.26. The topological polar surface area (TPSA) is 86.5 Å². The van der Waals surface area contributed by atoms with E-state index in [0.29, 0.717) is 25.6 Å². The molecule has 1 heterocycles. The summed E-state index contributed by atoms with van der Waals surface area (Å²) in [5.74, 6) is 0.268. The van der Waals surface area contributed by atoms with Gasteiger partial charge in [-0.3, -0.25) is 10.1 Å². The fourth-order valence-corrected chi connectivity index (χ4v) is 3.95. The lowest BCUT2D eigenvalue weighted by Gasteiger charge is -2.21. The molecule has 1 aliphatic rings. The van der Waals surface area contributed by atoms with Gasteiger partial charge in [0.15, 0.2) is 9.84 Å². The third-order valence-corrected chi connectivity index (χ3v) is 5.32. The number of benzene rings is 1. The van der Waals surface area contributed by atoms with Crippen LogP contribution in [0.5, 0.6) is 0 Å². The second kappa shape index (κ2) is 6.32. The summed E-state index contributed by atoms with van der Waals surface area (Å²) in [5.41, 5.74) is -0.348. The summed E-state index contributed by atoms with van der Waals surface area (Å²) in [6, 6.07) is 5.50. The highest BCUT2D eigenvalue weighted by Gasteiger charge is 2.26. The predicted octanol–water partition coefficient (Wildman–Crippen LogP) is 2.19. The van der Waals surface area contributed by atoms with Crippen LogP contribution >= 0.6 is 0 Å². The third-order valence-electron chi connectivity index (χ3n) is 3.53. The molecule has 0 amide bonds. The van der Waals surface area contributed by atoms with Gasteiger partial charge in [0, 0.05) is 19.3 Å². The van der Waals surface area contributed by atoms with Crippen molar-refractivity contribution in [3.63, 3.8) is 0 Å². The Hall–Kier alpha value is -1.47. The fourth-order valence-electron chi connectivity index (χ4n) is 2.34. The maximum atomic E-state index is 12.3. The number of para-hydroxylation sites is 1. The quantitative estimate of drug-likeness (QED) is 0.614. The van der Waals surface area contributed by atoms with E-state index >= 15 is 0 Å². The SMILES string of the molecule is O=[N+]([O-])c1ccccc1S(=O)(=O)CCC1CCOCC1. The Balaban J connectivity index is 2.12. The number of hydrogen-bond donors (Lipinski definition) is 0. The van der Waals surface area contributed by atoms with Gasteiger partial charge in [-0.2, -0.15) is 0 Å². The molecule has 110 valence electrons. The molecule has 1 aliphatic heterocycles. The zero-order valence-corrected chi connectivity index (χ0v) is 11.8. The van der Waals surface area contributed by atoms with Crippen molar-refractivity contribution in [2.75, 3.05) is 19.0 Å². The summed E-state index contributed by atoms with van der Waals surface area (Å²) >= 11 is 0. The molecular formula is C13H17NO5S. The standard InChI is InChI=1S/C13H17NO5S/c15-14(16)12-3-1-2-4-13(12)20(17,18)10-7-11-5-8-19-9-6-11/h1-4,11H,5-10H2. The molecule has 1 saturated heterocycles. The number of nitro groups is 1. The van der Waals surface area contributed by atoms with E-state index in [1.807, 2.05) is 0 Å². The lowest BCUT2D eigenvalue weighted by atomic mass is 9.98. The Morgan fingerprint density at radius 2 is 1.90 bits per heavy atom. The summed E-state index contributed by atoms with van der Waals surface area (Å²) in [6.07, 6.45) is 2.23. The van der Waals surface area contributed by atoms with Gasteiger partial charge in [-0.15, -0.1) is 0 Å². The molecule has 7 heteroatoms. The van der Waals surface area contributed by atoms with Crippen LogP contribution in [0.15, 0.2) is 29.2 Å². The van der Waals surface area contributed by atoms with Gasteiger partial charge in [0.05, 0.1) is 10.7 Å². The van der Waals surface area contributed by atoms with Crippen LogP contribution < -0.4 is 0 Å². The van der Waals surface area contributed by atoms with Crippen molar-refractivity contribution in [3.8, 4) is 0 Å². The third kappa shape index (κ3) is 3.55. The number of nitro benzene ring substituents is 1. The minimum atomic E-state index is -3.62. The summed E-state index contributed by atoms with van der Waals surface area (Å²) in [5, 5.41) is 10.9. The summed E-state index contributed by atoms with van der Waals surface area (Å²) in [4.78, 5) is 10.1. The van der Waals surface area contributed by atoms with E-state index < -0.39 is 14.8 Å². The number of sulfone groups is 1. The number of hydrogen-bond acceptors (Lipinski definition) is 5. The van der Waals surface area contributed by atoms with Gasteiger partial charge in [-0.25, -0.2) is 8.42 Å². The Kier molecular flexibility index (Phi) is 4.72. The van der Waals surface area contributed by atoms with Crippen LogP contribution in [0.25, 0.3) is 0 Å². The first-order valence-electron chi connectivity index (χ1n) is 6.54. The van der Waals surface area contributed by atoms with Crippen LogP contribution in [-0.4, -0.2) is 32.3 Å². The van der Waals surface area contributed by atoms with E-state index in [-0.39, 0.29) is 16.3 Å². The predicted molar refractivity (Wildman–Crippen MR) is 73.3 cm³/mol. The minimum absolute atomic E-state index is 0.0531. The molecule has 0 saturated carbocycles. The normalized spacial score (nSPS) is 17.0. The molecule has 0 aromatic heterocycles. The van der Waals surface area contributed by atoms with E-state index in [4.69, 9.17) is 4.74 Å². The average molecular weight is 299 g/mol. The van der Waals surface area contributed by atoms with Gasteiger partial charge in [-0.05, 0) is 31.2 Å². The number of ether oxygens (including phenoxy) is 1. The first-order chi connectivity index (χ1) is 9.50. The van der Waals surface area contributed by atoms with Crippen molar-refractivity contribution in [2.24, 2.45) is 5.92 Å². The van der Waals surface area contributed by atoms with Crippen molar-refractivity contribution in [1.29, 1.82) is 0 Å². The highest BCUT2D eigenvalue weighted by molar-refractivity contribution is 7.91. The Morgan fingerprint density at radius 3 is 2.55 bits per heavy atom. The van der Waals surface area contributed by atoms with Gasteiger partial charge in [0.2, 0.25) is 0 Å². The molecule has 1 aromatic rings. The van der Waals surface area contributed by atoms with Gasteiger partial charge in [0.1, 0.15) is 4.90 Å². The lowest BCUT2D eigenvalue weighted by molar-refractivity contribution is -0.387. The Morgan fingerprint density at radius 1 is 1.25 bits per heavy atom. The smallest absolute Gasteiger partial charge is 0.287 e. The summed E-state index contributed by atoms with van der Waals surface area (Å²) in [6.45, 7) is 1.33. The second-order valence-corrected chi connectivity index (χ2v) is 6.97. The monoisotopic (exact) mass is 299 g/mol. The van der Waals surface area contributed by atoms with E-state index in [9.17, 15) is 18.5 Å². The Bertz CT molecular complexity index is 578. The first-order valence-corrected chi connectivity index (χ1v) is 8.20. The molecule has 0 bridgehead atoms. The van der Waals surface area contributed by atoms with Crippen LogP contribution in [-0.2, 0) is 14.6 Å². The molecule has 6 nitrogen and oxygen atoms in total. The van der Waals surface area contributed by atoms with E-state index in [1.165, 1.54) is 24.3 Å². The van der Waals surface area contributed by atoms with E-state index in [0.717, 1.165) is 12.8 Å². The van der Waals surface area contributed by atoms with E-state index in [2.05, 4.69) is 0 Å². The average Bonchev–Trinajstić information content (AvgIpc) is 2.46. The van der Waals surface area contributed by atoms with Crippen molar-refractivity contribution in [1.82, 2.24) is 0 Å². The molecule has 2 rings (SSSR count). The lowest BCUT2D eigenvalue weighted by Crippen LogP contribution is -2.19.